The molecule has 178 valence electrons. The van der Waals surface area contributed by atoms with Gasteiger partial charge in [0.05, 0.1) is 30.3 Å². The van der Waals surface area contributed by atoms with Crippen molar-refractivity contribution in [3.63, 3.8) is 0 Å². The fraction of sp³-hybridized carbons (Fsp3) is 0.185. The predicted molar refractivity (Wildman–Crippen MR) is 137 cm³/mol. The Morgan fingerprint density at radius 1 is 0.971 bits per heavy atom. The molecular weight excluding hydrogens is 484 g/mol. The third-order valence-corrected chi connectivity index (χ3v) is 7.30. The molecule has 0 bridgehead atoms. The van der Waals surface area contributed by atoms with Crippen molar-refractivity contribution < 1.29 is 18.4 Å². The van der Waals surface area contributed by atoms with Crippen molar-refractivity contribution in [3.05, 3.63) is 106 Å². The average molecular weight is 507 g/mol. The Morgan fingerprint density at radius 2 is 1.74 bits per heavy atom. The van der Waals surface area contributed by atoms with Crippen LogP contribution in [0.1, 0.15) is 41.2 Å². The van der Waals surface area contributed by atoms with Gasteiger partial charge in [-0.05, 0) is 54.3 Å². The van der Waals surface area contributed by atoms with E-state index in [1.54, 1.807) is 34.8 Å². The summed E-state index contributed by atoms with van der Waals surface area (Å²) in [7, 11) is 0. The molecule has 0 saturated heterocycles. The molecule has 8 heteroatoms. The third-order valence-electron chi connectivity index (χ3n) is 6.42. The van der Waals surface area contributed by atoms with E-state index in [-0.39, 0.29) is 36.4 Å². The van der Waals surface area contributed by atoms with Crippen molar-refractivity contribution >= 4 is 46.8 Å². The molecule has 1 N–H and O–H groups in total. The van der Waals surface area contributed by atoms with Crippen LogP contribution in [0.15, 0.2) is 98.7 Å². The summed E-state index contributed by atoms with van der Waals surface area (Å²) in [5, 5.41) is 5.47. The largest absolute Gasteiger partial charge is 0.469 e. The second kappa shape index (κ2) is 9.60. The molecule has 3 aromatic heterocycles. The molecule has 35 heavy (non-hydrogen) atoms. The number of para-hydroxylation sites is 2. The Balaban J connectivity index is 0.00000253. The number of furan rings is 2. The highest BCUT2D eigenvalue weighted by molar-refractivity contribution is 7.10. The smallest absolute Gasteiger partial charge is 0.233 e. The van der Waals surface area contributed by atoms with Crippen LogP contribution in [0.5, 0.6) is 0 Å². The zero-order valence-electron chi connectivity index (χ0n) is 18.7. The second-order valence-corrected chi connectivity index (χ2v) is 9.55. The zero-order chi connectivity index (χ0) is 23.1. The molecular formula is C27H23ClN2O4S. The number of thiophene rings is 1. The molecule has 1 amide bonds. The first-order valence-corrected chi connectivity index (χ1v) is 12.1. The van der Waals surface area contributed by atoms with Gasteiger partial charge in [-0.3, -0.25) is 14.5 Å². The van der Waals surface area contributed by atoms with Gasteiger partial charge in [-0.15, -0.1) is 23.7 Å². The van der Waals surface area contributed by atoms with Crippen LogP contribution in [0.25, 0.3) is 0 Å². The minimum absolute atomic E-state index is 0. The van der Waals surface area contributed by atoms with Gasteiger partial charge in [0.15, 0.2) is 5.78 Å². The minimum Gasteiger partial charge on any atom is -0.469 e. The number of amides is 1. The lowest BCUT2D eigenvalue weighted by molar-refractivity contribution is -0.118. The quantitative estimate of drug-likeness (QED) is 0.342. The van der Waals surface area contributed by atoms with E-state index >= 15 is 0 Å². The molecule has 1 aromatic carbocycles. The highest BCUT2D eigenvalue weighted by atomic mass is 35.5. The van der Waals surface area contributed by atoms with Gasteiger partial charge < -0.3 is 14.2 Å². The fourth-order valence-electron chi connectivity index (χ4n) is 4.95. The lowest BCUT2D eigenvalue weighted by atomic mass is 9.81. The van der Waals surface area contributed by atoms with Crippen molar-refractivity contribution in [2.75, 3.05) is 10.2 Å². The Morgan fingerprint density at radius 3 is 2.46 bits per heavy atom. The van der Waals surface area contributed by atoms with Crippen molar-refractivity contribution in [1.29, 1.82) is 0 Å². The Labute approximate surface area is 212 Å². The molecule has 0 fully saturated rings. The monoisotopic (exact) mass is 506 g/mol. The Hall–Kier alpha value is -3.55. The predicted octanol–water partition coefficient (Wildman–Crippen LogP) is 6.50. The number of hydrogen-bond acceptors (Lipinski definition) is 6. The van der Waals surface area contributed by atoms with E-state index in [1.165, 1.54) is 0 Å². The van der Waals surface area contributed by atoms with Gasteiger partial charge in [0.1, 0.15) is 17.6 Å². The Kier molecular flexibility index (Phi) is 6.36. The van der Waals surface area contributed by atoms with Crippen molar-refractivity contribution in [2.24, 2.45) is 0 Å². The number of carbonyl (C=O) groups excluding carboxylic acids is 2. The number of halogens is 1. The summed E-state index contributed by atoms with van der Waals surface area (Å²) in [5.41, 5.74) is 2.89. The van der Waals surface area contributed by atoms with E-state index in [9.17, 15) is 9.59 Å². The number of ketones is 1. The van der Waals surface area contributed by atoms with E-state index in [0.717, 1.165) is 27.7 Å². The normalized spacial score (nSPS) is 19.3. The number of anilines is 2. The van der Waals surface area contributed by atoms with Crippen LogP contribution < -0.4 is 10.2 Å². The number of benzene rings is 1. The van der Waals surface area contributed by atoms with E-state index in [4.69, 9.17) is 8.83 Å². The maximum absolute atomic E-state index is 13.8. The number of Topliss-reactive ketones (excluding diaryl/α,β-unsaturated/α-hetero) is 1. The number of nitrogens with zero attached hydrogens (tertiary/aromatic N) is 1. The average Bonchev–Trinajstić information content (AvgIpc) is 3.61. The molecule has 1 aliphatic heterocycles. The molecule has 1 aliphatic carbocycles. The molecule has 2 atom stereocenters. The van der Waals surface area contributed by atoms with Crippen LogP contribution in [0.4, 0.5) is 11.4 Å². The number of hydrogen-bond donors (Lipinski definition) is 1. The first kappa shape index (κ1) is 23.2. The number of allylic oxidation sites excluding steroid dienone is 1. The summed E-state index contributed by atoms with van der Waals surface area (Å²) < 4.78 is 11.5. The topological polar surface area (TPSA) is 75.7 Å². The van der Waals surface area contributed by atoms with Gasteiger partial charge in [-0.1, -0.05) is 18.2 Å². The summed E-state index contributed by atoms with van der Waals surface area (Å²) in [5.74, 6) is 1.19. The number of fused-ring (bicyclic) bond motifs is 1. The van der Waals surface area contributed by atoms with Gasteiger partial charge in [-0.2, -0.15) is 0 Å². The second-order valence-electron chi connectivity index (χ2n) is 8.52. The maximum Gasteiger partial charge on any atom is 0.233 e. The lowest BCUT2D eigenvalue weighted by Gasteiger charge is -2.33. The van der Waals surface area contributed by atoms with Gasteiger partial charge in [0.25, 0.3) is 0 Å². The molecule has 0 spiro atoms. The summed E-state index contributed by atoms with van der Waals surface area (Å²) in [6.45, 7) is 0. The van der Waals surface area contributed by atoms with Crippen LogP contribution >= 0.6 is 23.7 Å². The van der Waals surface area contributed by atoms with Crippen LogP contribution in [-0.2, 0) is 16.0 Å². The highest BCUT2D eigenvalue weighted by Gasteiger charge is 2.43. The molecule has 4 heterocycles. The molecule has 0 radical (unpaired) electrons. The third kappa shape index (κ3) is 4.22. The summed E-state index contributed by atoms with van der Waals surface area (Å²) in [4.78, 5) is 30.2. The maximum atomic E-state index is 13.8. The zero-order valence-corrected chi connectivity index (χ0v) is 20.3. The summed E-state index contributed by atoms with van der Waals surface area (Å²) in [6, 6.07) is 18.3. The van der Waals surface area contributed by atoms with Gasteiger partial charge >= 0.3 is 0 Å². The standard InChI is InChI=1S/C27H22N2O4S.ClH/c30-22-15-17(23-9-3-11-32-23)14-20-26(22)27(24-10-4-12-33-24)29(21-8-2-1-7-19(21)28-20)25(31)16-18-6-5-13-34-18;/h1-13,17,27-28H,14-16H2;1H. The van der Waals surface area contributed by atoms with Crippen molar-refractivity contribution in [3.8, 4) is 0 Å². The summed E-state index contributed by atoms with van der Waals surface area (Å²) in [6.07, 6.45) is 4.38. The van der Waals surface area contributed by atoms with E-state index in [2.05, 4.69) is 5.32 Å². The number of carbonyl (C=O) groups is 2. The molecule has 4 aromatic rings. The molecule has 2 unspecified atom stereocenters. The van der Waals surface area contributed by atoms with Crippen LogP contribution in [0, 0.1) is 0 Å². The lowest BCUT2D eigenvalue weighted by Crippen LogP contribution is -2.39. The molecule has 0 saturated carbocycles. The van der Waals surface area contributed by atoms with E-state index in [0.29, 0.717) is 24.2 Å². The fourth-order valence-corrected chi connectivity index (χ4v) is 5.65. The van der Waals surface area contributed by atoms with Gasteiger partial charge in [0.2, 0.25) is 5.91 Å². The van der Waals surface area contributed by atoms with Gasteiger partial charge in [0, 0.05) is 28.5 Å². The van der Waals surface area contributed by atoms with Crippen molar-refractivity contribution in [2.45, 2.75) is 31.2 Å². The molecule has 6 nitrogen and oxygen atoms in total. The van der Waals surface area contributed by atoms with Crippen molar-refractivity contribution in [1.82, 2.24) is 0 Å². The van der Waals surface area contributed by atoms with Crippen LogP contribution in [0.3, 0.4) is 0 Å². The van der Waals surface area contributed by atoms with Crippen LogP contribution in [-0.4, -0.2) is 11.7 Å². The first-order chi connectivity index (χ1) is 16.7. The summed E-state index contributed by atoms with van der Waals surface area (Å²) >= 11 is 1.55. The number of nitrogens with one attached hydrogen (secondary N) is 1. The number of rotatable bonds is 4. The molecule has 6 rings (SSSR count). The highest BCUT2D eigenvalue weighted by Crippen LogP contribution is 2.47. The SMILES string of the molecule is Cl.O=C1CC(c2ccco2)CC2=C1C(c1ccco1)N(C(=O)Cc1cccs1)c1ccccc1N2. The molecule has 2 aliphatic rings. The Bertz CT molecular complexity index is 1360. The van der Waals surface area contributed by atoms with E-state index < -0.39 is 6.04 Å². The first-order valence-electron chi connectivity index (χ1n) is 11.2. The van der Waals surface area contributed by atoms with E-state index in [1.807, 2.05) is 60.0 Å². The van der Waals surface area contributed by atoms with Gasteiger partial charge in [-0.25, -0.2) is 0 Å². The van der Waals surface area contributed by atoms with Crippen LogP contribution in [0.2, 0.25) is 0 Å². The minimum atomic E-state index is -0.654.